The summed E-state index contributed by atoms with van der Waals surface area (Å²) in [5.74, 6) is 0.784. The van der Waals surface area contributed by atoms with Gasteiger partial charge in [-0.25, -0.2) is 0 Å². The summed E-state index contributed by atoms with van der Waals surface area (Å²) in [6.07, 6.45) is 5.54. The number of hydrogen-bond donors (Lipinski definition) is 3. The summed E-state index contributed by atoms with van der Waals surface area (Å²) in [5.41, 5.74) is 0.266. The van der Waals surface area contributed by atoms with E-state index in [9.17, 15) is 5.11 Å². The van der Waals surface area contributed by atoms with Gasteiger partial charge in [0.15, 0.2) is 5.96 Å². The average molecular weight is 404 g/mol. The van der Waals surface area contributed by atoms with Gasteiger partial charge in [0, 0.05) is 42.9 Å². The lowest BCUT2D eigenvalue weighted by Gasteiger charge is -2.27. The molecule has 0 radical (unpaired) electrons. The lowest BCUT2D eigenvalue weighted by atomic mass is 9.83. The molecule has 0 spiro atoms. The number of thiophene rings is 1. The molecular formula is C22H33N3O2S. The molecule has 1 heterocycles. The monoisotopic (exact) mass is 403 g/mol. The topological polar surface area (TPSA) is 65.9 Å². The molecule has 1 atom stereocenters. The van der Waals surface area contributed by atoms with Crippen LogP contribution in [0, 0.1) is 5.41 Å². The lowest BCUT2D eigenvalue weighted by Crippen LogP contribution is -2.40. The molecule has 0 saturated heterocycles. The molecule has 1 fully saturated rings. The zero-order chi connectivity index (χ0) is 19.8. The summed E-state index contributed by atoms with van der Waals surface area (Å²) in [7, 11) is 1.77. The molecule has 5 nitrogen and oxygen atoms in total. The van der Waals surface area contributed by atoms with E-state index in [4.69, 9.17) is 9.73 Å². The quantitative estimate of drug-likeness (QED) is 0.436. The Morgan fingerprint density at radius 3 is 2.79 bits per heavy atom. The van der Waals surface area contributed by atoms with Crippen molar-refractivity contribution in [1.29, 1.82) is 0 Å². The third-order valence-electron chi connectivity index (χ3n) is 5.65. The van der Waals surface area contributed by atoms with E-state index in [0.29, 0.717) is 6.54 Å². The Morgan fingerprint density at radius 2 is 2.07 bits per heavy atom. The highest BCUT2D eigenvalue weighted by Crippen LogP contribution is 2.41. The van der Waals surface area contributed by atoms with Crippen LogP contribution in [0.4, 0.5) is 0 Å². The fourth-order valence-electron chi connectivity index (χ4n) is 3.98. The van der Waals surface area contributed by atoms with Gasteiger partial charge in [0.05, 0.1) is 0 Å². The third kappa shape index (κ3) is 5.46. The molecule has 0 amide bonds. The molecule has 3 rings (SSSR count). The molecule has 0 aliphatic heterocycles. The van der Waals surface area contributed by atoms with Crippen molar-refractivity contribution in [2.75, 3.05) is 33.4 Å². The van der Waals surface area contributed by atoms with Gasteiger partial charge >= 0.3 is 0 Å². The van der Waals surface area contributed by atoms with Crippen LogP contribution in [-0.4, -0.2) is 44.4 Å². The molecule has 3 N–H and O–H groups in total. The number of fused-ring (bicyclic) bond motifs is 1. The van der Waals surface area contributed by atoms with Gasteiger partial charge in [-0.15, -0.1) is 11.3 Å². The van der Waals surface area contributed by atoms with Crippen molar-refractivity contribution in [3.05, 3.63) is 35.2 Å². The van der Waals surface area contributed by atoms with Crippen LogP contribution in [-0.2, 0) is 4.74 Å². The minimum atomic E-state index is -0.546. The van der Waals surface area contributed by atoms with E-state index in [0.717, 1.165) is 37.0 Å². The van der Waals surface area contributed by atoms with E-state index < -0.39 is 6.10 Å². The second-order valence-corrected chi connectivity index (χ2v) is 8.84. The SMILES string of the molecule is CCNC(=NCC1(CCOC)CCCC1)NCC(O)c1cc2ccccc2s1. The Balaban J connectivity index is 1.60. The summed E-state index contributed by atoms with van der Waals surface area (Å²) >= 11 is 1.65. The number of aliphatic hydroxyl groups is 1. The van der Waals surface area contributed by atoms with Crippen LogP contribution in [0.5, 0.6) is 0 Å². The highest BCUT2D eigenvalue weighted by atomic mass is 32.1. The Labute approximate surface area is 172 Å². The number of methoxy groups -OCH3 is 1. The van der Waals surface area contributed by atoms with Crippen LogP contribution in [0.15, 0.2) is 35.3 Å². The van der Waals surface area contributed by atoms with Gasteiger partial charge in [-0.3, -0.25) is 4.99 Å². The normalized spacial score (nSPS) is 17.8. The first kappa shape index (κ1) is 21.1. The van der Waals surface area contributed by atoms with Crippen molar-refractivity contribution in [2.24, 2.45) is 10.4 Å². The second kappa shape index (κ2) is 10.2. The number of aliphatic hydroxyl groups excluding tert-OH is 1. The molecule has 1 aromatic heterocycles. The number of rotatable bonds is 9. The molecule has 1 aliphatic rings. The van der Waals surface area contributed by atoms with Crippen LogP contribution in [0.3, 0.4) is 0 Å². The van der Waals surface area contributed by atoms with E-state index in [1.54, 1.807) is 18.4 Å². The minimum Gasteiger partial charge on any atom is -0.386 e. The molecule has 0 bridgehead atoms. The maximum absolute atomic E-state index is 10.6. The van der Waals surface area contributed by atoms with Crippen LogP contribution in [0.2, 0.25) is 0 Å². The Kier molecular flexibility index (Phi) is 7.71. The van der Waals surface area contributed by atoms with Gasteiger partial charge in [-0.05, 0) is 49.1 Å². The second-order valence-electron chi connectivity index (χ2n) is 7.73. The first-order chi connectivity index (χ1) is 13.7. The van der Waals surface area contributed by atoms with Crippen LogP contribution >= 0.6 is 11.3 Å². The molecule has 28 heavy (non-hydrogen) atoms. The van der Waals surface area contributed by atoms with Crippen molar-refractivity contribution in [1.82, 2.24) is 10.6 Å². The number of guanidine groups is 1. The van der Waals surface area contributed by atoms with Crippen LogP contribution < -0.4 is 10.6 Å². The predicted molar refractivity (Wildman–Crippen MR) is 118 cm³/mol. The van der Waals surface area contributed by atoms with Gasteiger partial charge < -0.3 is 20.5 Å². The summed E-state index contributed by atoms with van der Waals surface area (Å²) < 4.78 is 6.53. The van der Waals surface area contributed by atoms with Gasteiger partial charge in [-0.1, -0.05) is 31.0 Å². The molecule has 2 aromatic rings. The number of nitrogens with zero attached hydrogens (tertiary/aromatic N) is 1. The predicted octanol–water partition coefficient (Wildman–Crippen LogP) is 4.09. The highest BCUT2D eigenvalue weighted by Gasteiger charge is 2.33. The fourth-order valence-corrected chi connectivity index (χ4v) is 5.03. The van der Waals surface area contributed by atoms with Crippen molar-refractivity contribution in [3.8, 4) is 0 Å². The zero-order valence-electron chi connectivity index (χ0n) is 17.0. The number of benzene rings is 1. The molecule has 1 unspecified atom stereocenters. The Bertz CT molecular complexity index is 735. The molecular weight excluding hydrogens is 370 g/mol. The smallest absolute Gasteiger partial charge is 0.191 e. The number of hydrogen-bond acceptors (Lipinski definition) is 4. The first-order valence-corrected chi connectivity index (χ1v) is 11.1. The number of aliphatic imine (C=N–C) groups is 1. The standard InChI is InChI=1S/C22H33N3O2S/c1-3-23-21(25-16-22(12-13-27-2)10-6-7-11-22)24-15-18(26)20-14-17-8-4-5-9-19(17)28-20/h4-5,8-9,14,18,26H,3,6-7,10-13,15-16H2,1-2H3,(H2,23,24,25). The van der Waals surface area contributed by atoms with Gasteiger partial charge in [0.2, 0.25) is 0 Å². The fraction of sp³-hybridized carbons (Fsp3) is 0.591. The van der Waals surface area contributed by atoms with Crippen LogP contribution in [0.25, 0.3) is 10.1 Å². The molecule has 1 aliphatic carbocycles. The first-order valence-electron chi connectivity index (χ1n) is 10.3. The van der Waals surface area contributed by atoms with E-state index in [2.05, 4.69) is 35.8 Å². The minimum absolute atomic E-state index is 0.266. The van der Waals surface area contributed by atoms with Crippen molar-refractivity contribution in [3.63, 3.8) is 0 Å². The summed E-state index contributed by atoms with van der Waals surface area (Å²) in [4.78, 5) is 5.84. The average Bonchev–Trinajstić information content (AvgIpc) is 3.35. The van der Waals surface area contributed by atoms with Crippen molar-refractivity contribution < 1.29 is 9.84 Å². The van der Waals surface area contributed by atoms with Crippen molar-refractivity contribution in [2.45, 2.75) is 45.1 Å². The summed E-state index contributed by atoms with van der Waals surface area (Å²) in [5, 5.41) is 18.5. The highest BCUT2D eigenvalue weighted by molar-refractivity contribution is 7.19. The van der Waals surface area contributed by atoms with E-state index in [1.165, 1.54) is 35.8 Å². The van der Waals surface area contributed by atoms with Gasteiger partial charge in [0.1, 0.15) is 6.10 Å². The van der Waals surface area contributed by atoms with E-state index in [-0.39, 0.29) is 5.41 Å². The Hall–Kier alpha value is -1.63. The van der Waals surface area contributed by atoms with Crippen molar-refractivity contribution >= 4 is 27.4 Å². The molecule has 1 saturated carbocycles. The Morgan fingerprint density at radius 1 is 1.29 bits per heavy atom. The number of ether oxygens (including phenoxy) is 1. The maximum Gasteiger partial charge on any atom is 0.191 e. The van der Waals surface area contributed by atoms with Gasteiger partial charge in [0.25, 0.3) is 0 Å². The summed E-state index contributed by atoms with van der Waals surface area (Å²) in [6, 6.07) is 10.3. The lowest BCUT2D eigenvalue weighted by molar-refractivity contribution is 0.141. The van der Waals surface area contributed by atoms with E-state index in [1.807, 2.05) is 12.1 Å². The number of nitrogens with one attached hydrogen (secondary N) is 2. The molecule has 6 heteroatoms. The third-order valence-corrected chi connectivity index (χ3v) is 6.87. The maximum atomic E-state index is 10.6. The molecule has 1 aromatic carbocycles. The molecule has 154 valence electrons. The largest absolute Gasteiger partial charge is 0.386 e. The zero-order valence-corrected chi connectivity index (χ0v) is 17.9. The van der Waals surface area contributed by atoms with Crippen LogP contribution in [0.1, 0.15) is 50.0 Å². The summed E-state index contributed by atoms with van der Waals surface area (Å²) in [6.45, 7) is 4.92. The van der Waals surface area contributed by atoms with Gasteiger partial charge in [-0.2, -0.15) is 0 Å². The van der Waals surface area contributed by atoms with E-state index >= 15 is 0 Å².